The van der Waals surface area contributed by atoms with Gasteiger partial charge < -0.3 is 9.88 Å². The van der Waals surface area contributed by atoms with Gasteiger partial charge in [0.25, 0.3) is 0 Å². The van der Waals surface area contributed by atoms with Crippen molar-refractivity contribution < 1.29 is 4.79 Å². The number of nitrogens with zero attached hydrogens (tertiary/aromatic N) is 3. The van der Waals surface area contributed by atoms with E-state index in [0.29, 0.717) is 0 Å². The molecule has 4 rings (SSSR count). The van der Waals surface area contributed by atoms with Crippen LogP contribution in [0.4, 0.5) is 0 Å². The van der Waals surface area contributed by atoms with Gasteiger partial charge in [0.2, 0.25) is 5.91 Å². The summed E-state index contributed by atoms with van der Waals surface area (Å²) in [7, 11) is 1.81. The average molecular weight is 345 g/mol. The first kappa shape index (κ1) is 16.1. The number of H-pyrrole nitrogens is 2. The Kier molecular flexibility index (Phi) is 4.01. The van der Waals surface area contributed by atoms with Gasteiger partial charge in [-0.1, -0.05) is 18.2 Å². The smallest absolute Gasteiger partial charge is 0.246 e. The molecule has 0 radical (unpaired) electrons. The van der Waals surface area contributed by atoms with Crippen LogP contribution in [0.3, 0.4) is 0 Å². The molecule has 3 heterocycles. The van der Waals surface area contributed by atoms with E-state index in [2.05, 4.69) is 32.3 Å². The number of nitrogens with one attached hydrogen (secondary N) is 2. The molecule has 26 heavy (non-hydrogen) atoms. The number of hydrogen-bond acceptors (Lipinski definition) is 3. The van der Waals surface area contributed by atoms with E-state index >= 15 is 0 Å². The summed E-state index contributed by atoms with van der Waals surface area (Å²) in [4.78, 5) is 21.9. The highest BCUT2D eigenvalue weighted by Gasteiger charge is 2.17. The van der Waals surface area contributed by atoms with Gasteiger partial charge in [-0.25, -0.2) is 4.98 Å². The minimum absolute atomic E-state index is 0.0611. The Balaban J connectivity index is 1.50. The maximum atomic E-state index is 12.5. The van der Waals surface area contributed by atoms with Crippen LogP contribution in [-0.2, 0) is 4.79 Å². The van der Waals surface area contributed by atoms with Crippen LogP contribution in [0.1, 0.15) is 24.2 Å². The number of pyridine rings is 1. The summed E-state index contributed by atoms with van der Waals surface area (Å²) in [5, 5.41) is 8.82. The van der Waals surface area contributed by atoms with Crippen LogP contribution in [0.25, 0.3) is 28.0 Å². The van der Waals surface area contributed by atoms with Crippen molar-refractivity contribution >= 4 is 33.9 Å². The predicted molar refractivity (Wildman–Crippen MR) is 102 cm³/mol. The quantitative estimate of drug-likeness (QED) is 0.554. The van der Waals surface area contributed by atoms with E-state index < -0.39 is 0 Å². The van der Waals surface area contributed by atoms with Crippen LogP contribution in [0.5, 0.6) is 0 Å². The third kappa shape index (κ3) is 2.97. The molecule has 1 amide bonds. The van der Waals surface area contributed by atoms with Crippen molar-refractivity contribution in [2.45, 2.75) is 13.0 Å². The number of fused-ring (bicyclic) bond motifs is 2. The average Bonchev–Trinajstić information content (AvgIpc) is 3.30. The number of para-hydroxylation sites is 1. The van der Waals surface area contributed by atoms with Gasteiger partial charge >= 0.3 is 0 Å². The van der Waals surface area contributed by atoms with Gasteiger partial charge in [0.15, 0.2) is 5.65 Å². The largest absolute Gasteiger partial charge is 0.357 e. The maximum Gasteiger partial charge on any atom is 0.246 e. The number of likely N-dealkylation sites (N-methyl/N-ethyl adjacent to an activating group) is 1. The fraction of sp³-hybridized carbons (Fsp3) is 0.150. The number of rotatable bonds is 4. The molecule has 3 aromatic heterocycles. The zero-order valence-corrected chi connectivity index (χ0v) is 14.6. The van der Waals surface area contributed by atoms with E-state index in [1.807, 2.05) is 31.2 Å². The topological polar surface area (TPSA) is 77.7 Å². The number of amides is 1. The van der Waals surface area contributed by atoms with Crippen LogP contribution in [0, 0.1) is 0 Å². The number of carbonyl (C=O) groups is 1. The maximum absolute atomic E-state index is 12.5. The Morgan fingerprint density at radius 1 is 1.19 bits per heavy atom. The normalized spacial score (nSPS) is 12.8. The highest BCUT2D eigenvalue weighted by Crippen LogP contribution is 2.23. The van der Waals surface area contributed by atoms with Crippen molar-refractivity contribution in [3.05, 3.63) is 66.1 Å². The van der Waals surface area contributed by atoms with Crippen LogP contribution in [0.15, 0.2) is 54.9 Å². The Labute approximate surface area is 150 Å². The van der Waals surface area contributed by atoms with E-state index in [1.54, 1.807) is 36.5 Å². The second kappa shape index (κ2) is 6.48. The number of hydrogen-bond donors (Lipinski definition) is 2. The van der Waals surface area contributed by atoms with Gasteiger partial charge in [-0.15, -0.1) is 0 Å². The second-order valence-electron chi connectivity index (χ2n) is 6.35. The molecule has 130 valence electrons. The number of benzene rings is 1. The second-order valence-corrected chi connectivity index (χ2v) is 6.35. The predicted octanol–water partition coefficient (Wildman–Crippen LogP) is 3.67. The Bertz CT molecular complexity index is 1070. The zero-order valence-electron chi connectivity index (χ0n) is 14.6. The van der Waals surface area contributed by atoms with E-state index in [1.165, 1.54) is 0 Å². The lowest BCUT2D eigenvalue weighted by molar-refractivity contribution is -0.126. The van der Waals surface area contributed by atoms with Crippen molar-refractivity contribution in [2.75, 3.05) is 7.05 Å². The minimum atomic E-state index is -0.0663. The molecule has 0 aliphatic rings. The standard InChI is InChI=1S/C20H19N5O/c1-13(18-10-15-5-3-4-6-17(15)23-18)25(2)19(26)8-7-14-9-16-12-22-24-20(16)21-11-14/h3-13,23H,1-2H3,(H,21,22,24)/b8-7+. The molecule has 1 aromatic carbocycles. The first-order valence-electron chi connectivity index (χ1n) is 8.43. The highest BCUT2D eigenvalue weighted by molar-refractivity contribution is 5.92. The summed E-state index contributed by atoms with van der Waals surface area (Å²) in [5.74, 6) is -0.0663. The molecule has 0 aliphatic carbocycles. The van der Waals surface area contributed by atoms with Crippen LogP contribution in [-0.4, -0.2) is 38.0 Å². The van der Waals surface area contributed by atoms with Gasteiger partial charge in [0, 0.05) is 35.9 Å². The van der Waals surface area contributed by atoms with Crippen molar-refractivity contribution in [2.24, 2.45) is 0 Å². The summed E-state index contributed by atoms with van der Waals surface area (Å²) >= 11 is 0. The molecular weight excluding hydrogens is 326 g/mol. The molecule has 0 aliphatic heterocycles. The summed E-state index contributed by atoms with van der Waals surface area (Å²) < 4.78 is 0. The number of carbonyl (C=O) groups excluding carboxylic acids is 1. The lowest BCUT2D eigenvalue weighted by atomic mass is 10.2. The molecule has 4 aromatic rings. The van der Waals surface area contributed by atoms with Crippen molar-refractivity contribution in [3.63, 3.8) is 0 Å². The first-order chi connectivity index (χ1) is 12.6. The van der Waals surface area contributed by atoms with Gasteiger partial charge in [-0.2, -0.15) is 5.10 Å². The van der Waals surface area contributed by atoms with E-state index in [0.717, 1.165) is 33.2 Å². The number of aromatic nitrogens is 4. The van der Waals surface area contributed by atoms with E-state index in [-0.39, 0.29) is 11.9 Å². The molecule has 2 N–H and O–H groups in total. The summed E-state index contributed by atoms with van der Waals surface area (Å²) in [5.41, 5.74) is 3.68. The molecule has 0 saturated carbocycles. The minimum Gasteiger partial charge on any atom is -0.357 e. The van der Waals surface area contributed by atoms with Crippen molar-refractivity contribution in [3.8, 4) is 0 Å². The SMILES string of the molecule is CC(c1cc2ccccc2[nH]1)N(C)C(=O)/C=C/c1cnc2[nH]ncc2c1. The van der Waals surface area contributed by atoms with Crippen LogP contribution < -0.4 is 0 Å². The summed E-state index contributed by atoms with van der Waals surface area (Å²) in [6.07, 6.45) is 6.77. The third-order valence-electron chi connectivity index (χ3n) is 4.66. The Hall–Kier alpha value is -3.41. The first-order valence-corrected chi connectivity index (χ1v) is 8.43. The van der Waals surface area contributed by atoms with Gasteiger partial charge in [-0.3, -0.25) is 9.89 Å². The fourth-order valence-electron chi connectivity index (χ4n) is 2.95. The third-order valence-corrected chi connectivity index (χ3v) is 4.66. The van der Waals surface area contributed by atoms with E-state index in [9.17, 15) is 4.79 Å². The van der Waals surface area contributed by atoms with Crippen LogP contribution >= 0.6 is 0 Å². The monoisotopic (exact) mass is 345 g/mol. The van der Waals surface area contributed by atoms with Crippen molar-refractivity contribution in [1.29, 1.82) is 0 Å². The molecule has 6 heteroatoms. The molecule has 1 unspecified atom stereocenters. The van der Waals surface area contributed by atoms with Gasteiger partial charge in [-0.05, 0) is 42.1 Å². The summed E-state index contributed by atoms with van der Waals surface area (Å²) in [6, 6.07) is 12.1. The molecule has 1 atom stereocenters. The highest BCUT2D eigenvalue weighted by atomic mass is 16.2. The van der Waals surface area contributed by atoms with E-state index in [4.69, 9.17) is 0 Å². The zero-order chi connectivity index (χ0) is 18.1. The fourth-order valence-corrected chi connectivity index (χ4v) is 2.95. The van der Waals surface area contributed by atoms with Crippen LogP contribution in [0.2, 0.25) is 0 Å². The molecule has 6 nitrogen and oxygen atoms in total. The Morgan fingerprint density at radius 3 is 2.88 bits per heavy atom. The Morgan fingerprint density at radius 2 is 2.04 bits per heavy atom. The molecule has 0 saturated heterocycles. The summed E-state index contributed by atoms with van der Waals surface area (Å²) in [6.45, 7) is 2.01. The molecule has 0 spiro atoms. The lowest BCUT2D eigenvalue weighted by Crippen LogP contribution is -2.28. The lowest BCUT2D eigenvalue weighted by Gasteiger charge is -2.22. The van der Waals surface area contributed by atoms with Gasteiger partial charge in [0.1, 0.15) is 0 Å². The molecule has 0 fully saturated rings. The van der Waals surface area contributed by atoms with Gasteiger partial charge in [0.05, 0.1) is 12.2 Å². The van der Waals surface area contributed by atoms with Crippen molar-refractivity contribution in [1.82, 2.24) is 25.1 Å². The number of aromatic amines is 2. The molecular formula is C20H19N5O. The molecule has 0 bridgehead atoms.